The summed E-state index contributed by atoms with van der Waals surface area (Å²) >= 11 is 0. The number of alkyl halides is 3. The van der Waals surface area contributed by atoms with Crippen LogP contribution in [-0.4, -0.2) is 37.1 Å². The number of pyridine rings is 2. The lowest BCUT2D eigenvalue weighted by molar-refractivity contribution is -0.141. The second-order valence-electron chi connectivity index (χ2n) is 8.10. The number of fused-ring (bicyclic) bond motifs is 2. The summed E-state index contributed by atoms with van der Waals surface area (Å²) in [7, 11) is 1.75. The van der Waals surface area contributed by atoms with Gasteiger partial charge in [-0.05, 0) is 49.7 Å². The Morgan fingerprint density at radius 1 is 1.12 bits per heavy atom. The summed E-state index contributed by atoms with van der Waals surface area (Å²) in [6.07, 6.45) is -1.00. The Labute approximate surface area is 187 Å². The standard InChI is InChI=1S/C24H20F3N5O/c1-14-21-18(22(31(2)30-21)17-6-8-20(29-13-17)24(25,26)27)9-11-32(14)23(33)16-5-7-19-15(12-16)4-3-10-28-19/h3-8,10,12-14H,9,11H2,1-2H3/t14-/m0/s1. The van der Waals surface area contributed by atoms with Crippen LogP contribution in [0.3, 0.4) is 0 Å². The number of aromatic nitrogens is 4. The van der Waals surface area contributed by atoms with Crippen molar-refractivity contribution in [3.8, 4) is 11.3 Å². The SMILES string of the molecule is C[C@H]1c2nn(C)c(-c3ccc(C(F)(F)F)nc3)c2CCN1C(=O)c1ccc2ncccc2c1. The molecule has 0 radical (unpaired) electrons. The largest absolute Gasteiger partial charge is 0.433 e. The minimum atomic E-state index is -4.49. The van der Waals surface area contributed by atoms with Crippen LogP contribution in [0.1, 0.15) is 40.3 Å². The number of carbonyl (C=O) groups is 1. The third-order valence-corrected chi connectivity index (χ3v) is 6.08. The monoisotopic (exact) mass is 451 g/mol. The van der Waals surface area contributed by atoms with Gasteiger partial charge < -0.3 is 4.90 Å². The highest BCUT2D eigenvalue weighted by Crippen LogP contribution is 2.37. The van der Waals surface area contributed by atoms with Crippen molar-refractivity contribution < 1.29 is 18.0 Å². The molecule has 0 saturated carbocycles. The fraction of sp³-hybridized carbons (Fsp3) is 0.250. The molecule has 9 heteroatoms. The third-order valence-electron chi connectivity index (χ3n) is 6.08. The second-order valence-corrected chi connectivity index (χ2v) is 8.10. The highest BCUT2D eigenvalue weighted by atomic mass is 19.4. The number of hydrogen-bond donors (Lipinski definition) is 0. The van der Waals surface area contributed by atoms with Crippen LogP contribution < -0.4 is 0 Å². The highest BCUT2D eigenvalue weighted by molar-refractivity contribution is 5.98. The first kappa shape index (κ1) is 21.1. The summed E-state index contributed by atoms with van der Waals surface area (Å²) in [5, 5.41) is 5.51. The van der Waals surface area contributed by atoms with Gasteiger partial charge in [0.1, 0.15) is 5.69 Å². The van der Waals surface area contributed by atoms with Crippen LogP contribution in [0.25, 0.3) is 22.2 Å². The van der Waals surface area contributed by atoms with Crippen LogP contribution in [0.5, 0.6) is 0 Å². The van der Waals surface area contributed by atoms with Crippen LogP contribution in [-0.2, 0) is 19.6 Å². The van der Waals surface area contributed by atoms with Gasteiger partial charge in [0.2, 0.25) is 0 Å². The van der Waals surface area contributed by atoms with E-state index in [1.165, 1.54) is 12.3 Å². The molecule has 1 aliphatic rings. The maximum atomic E-state index is 13.3. The van der Waals surface area contributed by atoms with Gasteiger partial charge in [0.15, 0.2) is 0 Å². The molecule has 1 aliphatic heterocycles. The lowest BCUT2D eigenvalue weighted by Crippen LogP contribution is -2.38. The van der Waals surface area contributed by atoms with E-state index in [2.05, 4.69) is 15.1 Å². The molecular weight excluding hydrogens is 431 g/mol. The number of benzene rings is 1. The second kappa shape index (κ2) is 7.68. The molecule has 4 aromatic rings. The number of aryl methyl sites for hydroxylation is 1. The number of halogens is 3. The molecule has 0 spiro atoms. The molecule has 3 aromatic heterocycles. The summed E-state index contributed by atoms with van der Waals surface area (Å²) in [6, 6.07) is 11.3. The Morgan fingerprint density at radius 2 is 1.94 bits per heavy atom. The molecule has 5 rings (SSSR count). The number of rotatable bonds is 2. The molecule has 0 N–H and O–H groups in total. The number of hydrogen-bond acceptors (Lipinski definition) is 4. The van der Waals surface area contributed by atoms with E-state index >= 15 is 0 Å². The zero-order valence-electron chi connectivity index (χ0n) is 18.0. The molecule has 33 heavy (non-hydrogen) atoms. The van der Waals surface area contributed by atoms with Crippen molar-refractivity contribution in [3.05, 3.63) is 77.4 Å². The van der Waals surface area contributed by atoms with Gasteiger partial charge in [-0.15, -0.1) is 0 Å². The number of nitrogens with zero attached hydrogens (tertiary/aromatic N) is 5. The van der Waals surface area contributed by atoms with E-state index in [0.717, 1.165) is 33.9 Å². The first-order chi connectivity index (χ1) is 15.7. The van der Waals surface area contributed by atoms with Gasteiger partial charge in [-0.2, -0.15) is 18.3 Å². The van der Waals surface area contributed by atoms with Crippen molar-refractivity contribution in [2.24, 2.45) is 7.05 Å². The van der Waals surface area contributed by atoms with Gasteiger partial charge >= 0.3 is 6.18 Å². The first-order valence-corrected chi connectivity index (χ1v) is 10.5. The summed E-state index contributed by atoms with van der Waals surface area (Å²) in [5.74, 6) is -0.0951. The Hall–Kier alpha value is -3.75. The summed E-state index contributed by atoms with van der Waals surface area (Å²) in [5.41, 5.74) is 3.43. The van der Waals surface area contributed by atoms with Crippen LogP contribution >= 0.6 is 0 Å². The molecule has 0 fully saturated rings. The van der Waals surface area contributed by atoms with Crippen molar-refractivity contribution in [2.75, 3.05) is 6.54 Å². The molecule has 0 saturated heterocycles. The molecule has 0 aliphatic carbocycles. The third kappa shape index (κ3) is 3.63. The van der Waals surface area contributed by atoms with E-state index in [1.807, 2.05) is 31.2 Å². The quantitative estimate of drug-likeness (QED) is 0.439. The van der Waals surface area contributed by atoms with E-state index in [1.54, 1.807) is 28.9 Å². The average molecular weight is 451 g/mol. The van der Waals surface area contributed by atoms with Crippen molar-refractivity contribution in [1.82, 2.24) is 24.6 Å². The normalized spacial score (nSPS) is 16.2. The van der Waals surface area contributed by atoms with Gasteiger partial charge in [0, 0.05) is 48.1 Å². The van der Waals surface area contributed by atoms with E-state index < -0.39 is 11.9 Å². The van der Waals surface area contributed by atoms with Crippen LogP contribution in [0.15, 0.2) is 54.9 Å². The Morgan fingerprint density at radius 3 is 2.67 bits per heavy atom. The maximum absolute atomic E-state index is 13.3. The maximum Gasteiger partial charge on any atom is 0.433 e. The number of carbonyl (C=O) groups excluding carboxylic acids is 1. The van der Waals surface area contributed by atoms with Crippen molar-refractivity contribution in [1.29, 1.82) is 0 Å². The zero-order chi connectivity index (χ0) is 23.3. The molecule has 1 aromatic carbocycles. The minimum absolute atomic E-state index is 0.0951. The predicted molar refractivity (Wildman–Crippen MR) is 116 cm³/mol. The molecule has 0 unspecified atom stereocenters. The Bertz CT molecular complexity index is 1360. The topological polar surface area (TPSA) is 63.9 Å². The summed E-state index contributed by atoms with van der Waals surface area (Å²) in [6.45, 7) is 2.39. The van der Waals surface area contributed by atoms with E-state index in [9.17, 15) is 18.0 Å². The number of amides is 1. The fourth-order valence-electron chi connectivity index (χ4n) is 4.46. The van der Waals surface area contributed by atoms with Crippen molar-refractivity contribution in [3.63, 3.8) is 0 Å². The van der Waals surface area contributed by atoms with Crippen molar-refractivity contribution >= 4 is 16.8 Å². The molecule has 4 heterocycles. The average Bonchev–Trinajstić information content (AvgIpc) is 3.15. The smallest absolute Gasteiger partial charge is 0.330 e. The fourth-order valence-corrected chi connectivity index (χ4v) is 4.46. The zero-order valence-corrected chi connectivity index (χ0v) is 18.0. The lowest BCUT2D eigenvalue weighted by Gasteiger charge is -2.33. The first-order valence-electron chi connectivity index (χ1n) is 10.5. The van der Waals surface area contributed by atoms with E-state index in [4.69, 9.17) is 0 Å². The molecule has 168 valence electrons. The van der Waals surface area contributed by atoms with E-state index in [-0.39, 0.29) is 11.9 Å². The lowest BCUT2D eigenvalue weighted by atomic mass is 9.95. The molecule has 1 amide bonds. The molecule has 6 nitrogen and oxygen atoms in total. The van der Waals surface area contributed by atoms with Crippen LogP contribution in [0.2, 0.25) is 0 Å². The van der Waals surface area contributed by atoms with Crippen molar-refractivity contribution in [2.45, 2.75) is 25.6 Å². The molecule has 1 atom stereocenters. The summed E-state index contributed by atoms with van der Waals surface area (Å²) < 4.78 is 40.3. The minimum Gasteiger partial charge on any atom is -0.330 e. The Kier molecular flexibility index (Phi) is 4.92. The van der Waals surface area contributed by atoms with Crippen LogP contribution in [0.4, 0.5) is 13.2 Å². The van der Waals surface area contributed by atoms with Gasteiger partial charge in [0.05, 0.1) is 22.9 Å². The Balaban J connectivity index is 1.46. The molecule has 0 bridgehead atoms. The van der Waals surface area contributed by atoms with Gasteiger partial charge in [-0.1, -0.05) is 6.07 Å². The summed E-state index contributed by atoms with van der Waals surface area (Å²) in [4.78, 5) is 23.0. The highest BCUT2D eigenvalue weighted by Gasteiger charge is 2.35. The predicted octanol–water partition coefficient (Wildman–Crippen LogP) is 4.81. The van der Waals surface area contributed by atoms with Gasteiger partial charge in [-0.3, -0.25) is 19.4 Å². The van der Waals surface area contributed by atoms with Gasteiger partial charge in [-0.25, -0.2) is 0 Å². The molecular formula is C24H20F3N5O. The van der Waals surface area contributed by atoms with Crippen LogP contribution in [0, 0.1) is 0 Å². The van der Waals surface area contributed by atoms with E-state index in [0.29, 0.717) is 24.1 Å². The van der Waals surface area contributed by atoms with Gasteiger partial charge in [0.25, 0.3) is 5.91 Å².